The second-order valence-corrected chi connectivity index (χ2v) is 6.43. The zero-order chi connectivity index (χ0) is 14.6. The molecule has 1 aromatic carbocycles. The molecule has 3 N–H and O–H groups in total. The van der Waals surface area contributed by atoms with Crippen LogP contribution < -0.4 is 15.2 Å². The lowest BCUT2D eigenvalue weighted by Crippen LogP contribution is -2.25. The number of ether oxygens (including phenoxy) is 1. The van der Waals surface area contributed by atoms with E-state index in [1.54, 1.807) is 6.07 Å². The molecule has 5 nitrogen and oxygen atoms in total. The van der Waals surface area contributed by atoms with E-state index in [4.69, 9.17) is 10.5 Å². The Morgan fingerprint density at radius 3 is 2.80 bits per heavy atom. The van der Waals surface area contributed by atoms with E-state index in [1.807, 2.05) is 0 Å². The lowest BCUT2D eigenvalue weighted by Gasteiger charge is -2.09. The molecule has 0 radical (unpaired) electrons. The molecule has 1 aliphatic carbocycles. The van der Waals surface area contributed by atoms with Crippen LogP contribution in [-0.4, -0.2) is 28.6 Å². The molecular weight excluding hydrogens is 276 g/mol. The molecule has 0 spiro atoms. The molecule has 0 amide bonds. The van der Waals surface area contributed by atoms with Crippen LogP contribution in [0.4, 0.5) is 0 Å². The highest BCUT2D eigenvalue weighted by Gasteiger charge is 2.24. The topological polar surface area (TPSA) is 81.4 Å². The van der Waals surface area contributed by atoms with E-state index >= 15 is 0 Å². The van der Waals surface area contributed by atoms with Crippen molar-refractivity contribution in [2.75, 3.05) is 20.2 Å². The predicted octanol–water partition coefficient (Wildman–Crippen LogP) is 0.694. The van der Waals surface area contributed by atoms with Crippen molar-refractivity contribution in [3.63, 3.8) is 0 Å². The molecule has 20 heavy (non-hydrogen) atoms. The molecule has 0 atom stereocenters. The van der Waals surface area contributed by atoms with Gasteiger partial charge < -0.3 is 10.5 Å². The van der Waals surface area contributed by atoms with E-state index in [-0.39, 0.29) is 11.4 Å². The fourth-order valence-electron chi connectivity index (χ4n) is 1.73. The standard InChI is InChI=1S/C14H18N2O3S/c1-19-14-7-6-13(9-12(14)3-2-8-15)20(17,18)16-10-11-4-5-11/h6-7,9,11,16H,4-5,8,10,15H2,1H3. The number of nitrogens with one attached hydrogen (secondary N) is 1. The molecule has 108 valence electrons. The average molecular weight is 294 g/mol. The molecule has 1 saturated carbocycles. The minimum atomic E-state index is -3.49. The van der Waals surface area contributed by atoms with Gasteiger partial charge in [-0.15, -0.1) is 0 Å². The van der Waals surface area contributed by atoms with Gasteiger partial charge in [0.2, 0.25) is 10.0 Å². The molecule has 0 aromatic heterocycles. The monoisotopic (exact) mass is 294 g/mol. The Labute approximate surface area is 119 Å². The van der Waals surface area contributed by atoms with Crippen molar-refractivity contribution in [1.82, 2.24) is 4.72 Å². The Kier molecular flexibility index (Phi) is 4.65. The average Bonchev–Trinajstić information content (AvgIpc) is 3.27. The van der Waals surface area contributed by atoms with Crippen LogP contribution in [0.15, 0.2) is 23.1 Å². The maximum Gasteiger partial charge on any atom is 0.240 e. The Balaban J connectivity index is 2.26. The van der Waals surface area contributed by atoms with Crippen molar-refractivity contribution in [2.45, 2.75) is 17.7 Å². The number of hydrogen-bond donors (Lipinski definition) is 2. The lowest BCUT2D eigenvalue weighted by molar-refractivity contribution is 0.413. The molecule has 0 bridgehead atoms. The van der Waals surface area contributed by atoms with Crippen LogP contribution >= 0.6 is 0 Å². The van der Waals surface area contributed by atoms with Crippen molar-refractivity contribution >= 4 is 10.0 Å². The van der Waals surface area contributed by atoms with Gasteiger partial charge in [0, 0.05) is 6.54 Å². The molecule has 6 heteroatoms. The molecule has 0 aliphatic heterocycles. The minimum Gasteiger partial charge on any atom is -0.495 e. The predicted molar refractivity (Wildman–Crippen MR) is 76.8 cm³/mol. The van der Waals surface area contributed by atoms with Gasteiger partial charge in [0.1, 0.15) is 5.75 Å². The van der Waals surface area contributed by atoms with Crippen molar-refractivity contribution in [1.29, 1.82) is 0 Å². The first-order valence-electron chi connectivity index (χ1n) is 6.43. The van der Waals surface area contributed by atoms with Crippen LogP contribution in [0.5, 0.6) is 5.75 Å². The summed E-state index contributed by atoms with van der Waals surface area (Å²) >= 11 is 0. The molecule has 1 fully saturated rings. The van der Waals surface area contributed by atoms with Gasteiger partial charge in [0.05, 0.1) is 24.1 Å². The summed E-state index contributed by atoms with van der Waals surface area (Å²) < 4.78 is 32.1. The van der Waals surface area contributed by atoms with Gasteiger partial charge in [-0.1, -0.05) is 11.8 Å². The summed E-state index contributed by atoms with van der Waals surface area (Å²) in [5.41, 5.74) is 5.86. The quantitative estimate of drug-likeness (QED) is 0.783. The largest absolute Gasteiger partial charge is 0.495 e. The van der Waals surface area contributed by atoms with Crippen LogP contribution in [0.1, 0.15) is 18.4 Å². The number of nitrogens with two attached hydrogens (primary N) is 1. The molecule has 0 unspecified atom stereocenters. The number of rotatable bonds is 5. The highest BCUT2D eigenvalue weighted by Crippen LogP contribution is 2.28. The maximum atomic E-state index is 12.2. The Morgan fingerprint density at radius 2 is 2.20 bits per heavy atom. The molecule has 1 aromatic rings. The van der Waals surface area contributed by atoms with Gasteiger partial charge >= 0.3 is 0 Å². The van der Waals surface area contributed by atoms with Gasteiger partial charge in [-0.3, -0.25) is 0 Å². The summed E-state index contributed by atoms with van der Waals surface area (Å²) in [6.07, 6.45) is 2.19. The van der Waals surface area contributed by atoms with Crippen LogP contribution in [0.25, 0.3) is 0 Å². The second kappa shape index (κ2) is 6.27. The summed E-state index contributed by atoms with van der Waals surface area (Å²) in [4.78, 5) is 0.195. The van der Waals surface area contributed by atoms with Gasteiger partial charge in [0.15, 0.2) is 0 Å². The Morgan fingerprint density at radius 1 is 1.45 bits per heavy atom. The fourth-order valence-corrected chi connectivity index (χ4v) is 2.87. The van der Waals surface area contributed by atoms with E-state index in [0.717, 1.165) is 12.8 Å². The Bertz CT molecular complexity index is 640. The lowest BCUT2D eigenvalue weighted by atomic mass is 10.2. The fraction of sp³-hybridized carbons (Fsp3) is 0.429. The third-order valence-corrected chi connectivity index (χ3v) is 4.49. The zero-order valence-corrected chi connectivity index (χ0v) is 12.2. The molecule has 1 aliphatic rings. The first-order valence-corrected chi connectivity index (χ1v) is 7.92. The zero-order valence-electron chi connectivity index (χ0n) is 11.3. The first kappa shape index (κ1) is 14.9. The van der Waals surface area contributed by atoms with E-state index in [9.17, 15) is 8.42 Å². The highest BCUT2D eigenvalue weighted by atomic mass is 32.2. The smallest absolute Gasteiger partial charge is 0.240 e. The third-order valence-electron chi connectivity index (χ3n) is 3.07. The first-order chi connectivity index (χ1) is 9.56. The molecular formula is C14H18N2O3S. The molecule has 0 saturated heterocycles. The second-order valence-electron chi connectivity index (χ2n) is 4.66. The number of hydrogen-bond acceptors (Lipinski definition) is 4. The van der Waals surface area contributed by atoms with Crippen LogP contribution in [0, 0.1) is 17.8 Å². The molecule has 0 heterocycles. The van der Waals surface area contributed by atoms with Gasteiger partial charge in [-0.05, 0) is 37.0 Å². The molecule has 2 rings (SSSR count). The number of sulfonamides is 1. The third kappa shape index (κ3) is 3.73. The maximum absolute atomic E-state index is 12.2. The van der Waals surface area contributed by atoms with Crippen molar-refractivity contribution < 1.29 is 13.2 Å². The Hall–Kier alpha value is -1.55. The van der Waals surface area contributed by atoms with Crippen molar-refractivity contribution in [3.05, 3.63) is 23.8 Å². The van der Waals surface area contributed by atoms with Gasteiger partial charge in [-0.25, -0.2) is 13.1 Å². The summed E-state index contributed by atoms with van der Waals surface area (Å²) in [5, 5.41) is 0. The van der Waals surface area contributed by atoms with Crippen LogP contribution in [-0.2, 0) is 10.0 Å². The summed E-state index contributed by atoms with van der Waals surface area (Å²) in [7, 11) is -1.98. The van der Waals surface area contributed by atoms with Gasteiger partial charge in [0.25, 0.3) is 0 Å². The normalized spacial score (nSPS) is 14.5. The van der Waals surface area contributed by atoms with E-state index < -0.39 is 10.0 Å². The highest BCUT2D eigenvalue weighted by molar-refractivity contribution is 7.89. The number of benzene rings is 1. The number of methoxy groups -OCH3 is 1. The summed E-state index contributed by atoms with van der Waals surface area (Å²) in [6, 6.07) is 4.63. The van der Waals surface area contributed by atoms with Gasteiger partial charge in [-0.2, -0.15) is 0 Å². The summed E-state index contributed by atoms with van der Waals surface area (Å²) in [5.74, 6) is 6.54. The van der Waals surface area contributed by atoms with E-state index in [1.165, 1.54) is 19.2 Å². The van der Waals surface area contributed by atoms with E-state index in [2.05, 4.69) is 16.6 Å². The van der Waals surface area contributed by atoms with Crippen LogP contribution in [0.3, 0.4) is 0 Å². The summed E-state index contributed by atoms with van der Waals surface area (Å²) in [6.45, 7) is 0.707. The van der Waals surface area contributed by atoms with E-state index in [0.29, 0.717) is 23.8 Å². The van der Waals surface area contributed by atoms with Crippen molar-refractivity contribution in [3.8, 4) is 17.6 Å². The SMILES string of the molecule is COc1ccc(S(=O)(=O)NCC2CC2)cc1C#CCN. The minimum absolute atomic E-state index is 0.195. The van der Waals surface area contributed by atoms with Crippen molar-refractivity contribution in [2.24, 2.45) is 11.7 Å². The van der Waals surface area contributed by atoms with Crippen LogP contribution in [0.2, 0.25) is 0 Å².